The standard InChI is InChI=1S/C18H18F3N3O2S/c1-10-22-14(9-27-10)4-5-16(25)23-15-7-11(17(26)24-13-2-3-13)6-12(8-15)18(19,20)21/h6-9,13H,2-5H2,1H3,(H,23,25)(H,24,26). The number of nitrogens with one attached hydrogen (secondary N) is 2. The Morgan fingerprint density at radius 3 is 2.59 bits per heavy atom. The highest BCUT2D eigenvalue weighted by Gasteiger charge is 2.32. The number of carbonyl (C=O) groups is 2. The summed E-state index contributed by atoms with van der Waals surface area (Å²) in [5, 5.41) is 7.83. The van der Waals surface area contributed by atoms with E-state index in [1.54, 1.807) is 0 Å². The maximum Gasteiger partial charge on any atom is 0.416 e. The van der Waals surface area contributed by atoms with Gasteiger partial charge in [0, 0.05) is 29.1 Å². The van der Waals surface area contributed by atoms with Crippen molar-refractivity contribution in [2.24, 2.45) is 0 Å². The number of alkyl halides is 3. The van der Waals surface area contributed by atoms with Gasteiger partial charge in [-0.15, -0.1) is 11.3 Å². The summed E-state index contributed by atoms with van der Waals surface area (Å²) in [6, 6.07) is 2.91. The van der Waals surface area contributed by atoms with Gasteiger partial charge in [0.05, 0.1) is 16.3 Å². The van der Waals surface area contributed by atoms with Crippen LogP contribution in [0, 0.1) is 6.92 Å². The predicted octanol–water partition coefficient (Wildman–Crippen LogP) is 3.93. The molecule has 0 radical (unpaired) electrons. The lowest BCUT2D eigenvalue weighted by molar-refractivity contribution is -0.137. The van der Waals surface area contributed by atoms with Gasteiger partial charge in [-0.05, 0) is 44.4 Å². The normalized spacial score (nSPS) is 14.1. The number of carbonyl (C=O) groups excluding carboxylic acids is 2. The number of anilines is 1. The maximum atomic E-state index is 13.1. The van der Waals surface area contributed by atoms with Gasteiger partial charge in [0.15, 0.2) is 0 Å². The van der Waals surface area contributed by atoms with Crippen molar-refractivity contribution in [2.45, 2.75) is 44.8 Å². The average molecular weight is 397 g/mol. The van der Waals surface area contributed by atoms with Crippen LogP contribution in [0.2, 0.25) is 0 Å². The molecule has 0 saturated heterocycles. The van der Waals surface area contributed by atoms with Crippen molar-refractivity contribution in [2.75, 3.05) is 5.32 Å². The van der Waals surface area contributed by atoms with Crippen molar-refractivity contribution in [1.82, 2.24) is 10.3 Å². The minimum absolute atomic E-state index is 0.0200. The molecule has 1 fully saturated rings. The predicted molar refractivity (Wildman–Crippen MR) is 95.7 cm³/mol. The molecule has 1 saturated carbocycles. The highest BCUT2D eigenvalue weighted by Crippen LogP contribution is 2.32. The van der Waals surface area contributed by atoms with Crippen molar-refractivity contribution in [3.05, 3.63) is 45.4 Å². The molecule has 0 unspecified atom stereocenters. The Hall–Kier alpha value is -2.42. The molecule has 3 rings (SSSR count). The fourth-order valence-electron chi connectivity index (χ4n) is 2.48. The molecule has 5 nitrogen and oxygen atoms in total. The first-order chi connectivity index (χ1) is 12.7. The molecule has 0 bridgehead atoms. The Labute approximate surface area is 158 Å². The van der Waals surface area contributed by atoms with Crippen LogP contribution >= 0.6 is 11.3 Å². The van der Waals surface area contributed by atoms with Gasteiger partial charge in [-0.3, -0.25) is 9.59 Å². The van der Waals surface area contributed by atoms with E-state index in [0.29, 0.717) is 6.42 Å². The third-order valence-electron chi connectivity index (χ3n) is 3.99. The van der Waals surface area contributed by atoms with Crippen molar-refractivity contribution in [3.63, 3.8) is 0 Å². The van der Waals surface area contributed by atoms with Gasteiger partial charge in [0.1, 0.15) is 0 Å². The van der Waals surface area contributed by atoms with Crippen molar-refractivity contribution in [1.29, 1.82) is 0 Å². The van der Waals surface area contributed by atoms with E-state index < -0.39 is 23.6 Å². The highest BCUT2D eigenvalue weighted by molar-refractivity contribution is 7.09. The summed E-state index contributed by atoms with van der Waals surface area (Å²) in [4.78, 5) is 28.5. The van der Waals surface area contributed by atoms with E-state index in [4.69, 9.17) is 0 Å². The molecule has 1 aliphatic carbocycles. The van der Waals surface area contributed by atoms with Gasteiger partial charge in [-0.1, -0.05) is 0 Å². The molecule has 2 N–H and O–H groups in total. The lowest BCUT2D eigenvalue weighted by Crippen LogP contribution is -2.26. The highest BCUT2D eigenvalue weighted by atomic mass is 32.1. The minimum Gasteiger partial charge on any atom is -0.349 e. The minimum atomic E-state index is -4.62. The number of hydrogen-bond acceptors (Lipinski definition) is 4. The van der Waals surface area contributed by atoms with Crippen molar-refractivity contribution >= 4 is 28.8 Å². The summed E-state index contributed by atoms with van der Waals surface area (Å²) in [5.74, 6) is -1.01. The summed E-state index contributed by atoms with van der Waals surface area (Å²) in [6.45, 7) is 1.85. The molecule has 2 aromatic rings. The summed E-state index contributed by atoms with van der Waals surface area (Å²) in [6.07, 6.45) is -2.49. The number of aromatic nitrogens is 1. The summed E-state index contributed by atoms with van der Waals surface area (Å²) >= 11 is 1.47. The lowest BCUT2D eigenvalue weighted by atomic mass is 10.1. The van der Waals surface area contributed by atoms with Gasteiger partial charge in [-0.25, -0.2) is 4.98 Å². The number of halogens is 3. The molecular formula is C18H18F3N3O2S. The zero-order chi connectivity index (χ0) is 19.6. The van der Waals surface area contributed by atoms with E-state index in [0.717, 1.165) is 35.7 Å². The average Bonchev–Trinajstić information content (AvgIpc) is 3.30. The van der Waals surface area contributed by atoms with Crippen LogP contribution in [-0.4, -0.2) is 22.8 Å². The first kappa shape index (κ1) is 19.3. The first-order valence-corrected chi connectivity index (χ1v) is 9.32. The van der Waals surface area contributed by atoms with E-state index in [2.05, 4.69) is 15.6 Å². The molecule has 144 valence electrons. The number of nitrogens with zero attached hydrogens (tertiary/aromatic N) is 1. The molecule has 1 aromatic carbocycles. The molecule has 0 spiro atoms. The fraction of sp³-hybridized carbons (Fsp3) is 0.389. The first-order valence-electron chi connectivity index (χ1n) is 8.45. The second-order valence-electron chi connectivity index (χ2n) is 6.45. The van der Waals surface area contributed by atoms with Crippen molar-refractivity contribution in [3.8, 4) is 0 Å². The van der Waals surface area contributed by atoms with Gasteiger partial charge in [0.25, 0.3) is 5.91 Å². The third kappa shape index (κ3) is 5.53. The Bertz CT molecular complexity index is 860. The van der Waals surface area contributed by atoms with Crippen LogP contribution in [-0.2, 0) is 17.4 Å². The zero-order valence-electron chi connectivity index (χ0n) is 14.5. The largest absolute Gasteiger partial charge is 0.416 e. The number of rotatable bonds is 6. The molecule has 2 amide bonds. The lowest BCUT2D eigenvalue weighted by Gasteiger charge is -2.13. The van der Waals surface area contributed by atoms with Gasteiger partial charge >= 0.3 is 6.18 Å². The fourth-order valence-corrected chi connectivity index (χ4v) is 3.13. The topological polar surface area (TPSA) is 71.1 Å². The van der Waals surface area contributed by atoms with Crippen LogP contribution in [0.5, 0.6) is 0 Å². The van der Waals surface area contributed by atoms with Gasteiger partial charge in [0.2, 0.25) is 5.91 Å². The van der Waals surface area contributed by atoms with Crippen molar-refractivity contribution < 1.29 is 22.8 Å². The van der Waals surface area contributed by atoms with Crippen LogP contribution in [0.4, 0.5) is 18.9 Å². The van der Waals surface area contributed by atoms with E-state index >= 15 is 0 Å². The van der Waals surface area contributed by atoms with Crippen LogP contribution in [0.15, 0.2) is 23.6 Å². The number of aryl methyl sites for hydroxylation is 2. The van der Waals surface area contributed by atoms with E-state index in [1.807, 2.05) is 12.3 Å². The summed E-state index contributed by atoms with van der Waals surface area (Å²) in [7, 11) is 0. The molecule has 0 aliphatic heterocycles. The van der Waals surface area contributed by atoms with Crippen LogP contribution in [0.3, 0.4) is 0 Å². The molecule has 1 aromatic heterocycles. The van der Waals surface area contributed by atoms with Gasteiger partial charge in [-0.2, -0.15) is 13.2 Å². The Balaban J connectivity index is 1.72. The number of amides is 2. The van der Waals surface area contributed by atoms with Crippen LogP contribution in [0.25, 0.3) is 0 Å². The molecule has 9 heteroatoms. The smallest absolute Gasteiger partial charge is 0.349 e. The second-order valence-corrected chi connectivity index (χ2v) is 7.51. The SMILES string of the molecule is Cc1nc(CCC(=O)Nc2cc(C(=O)NC3CC3)cc(C(F)(F)F)c2)cs1. The number of thiazole rings is 1. The Kier molecular flexibility index (Phi) is 5.50. The van der Waals surface area contributed by atoms with Crippen LogP contribution < -0.4 is 10.6 Å². The monoisotopic (exact) mass is 397 g/mol. The molecule has 1 aliphatic rings. The van der Waals surface area contributed by atoms with Crippen LogP contribution in [0.1, 0.15) is 45.9 Å². The maximum absolute atomic E-state index is 13.1. The Morgan fingerprint density at radius 1 is 1.26 bits per heavy atom. The second kappa shape index (κ2) is 7.67. The molecular weight excluding hydrogens is 379 g/mol. The quantitative estimate of drug-likeness (QED) is 0.776. The zero-order valence-corrected chi connectivity index (χ0v) is 15.3. The summed E-state index contributed by atoms with van der Waals surface area (Å²) in [5.41, 5.74) is -0.384. The van der Waals surface area contributed by atoms with E-state index in [1.165, 1.54) is 17.4 Å². The summed E-state index contributed by atoms with van der Waals surface area (Å²) < 4.78 is 39.4. The van der Waals surface area contributed by atoms with E-state index in [-0.39, 0.29) is 23.7 Å². The Morgan fingerprint density at radius 2 is 2.00 bits per heavy atom. The molecule has 0 atom stereocenters. The molecule has 1 heterocycles. The third-order valence-corrected chi connectivity index (χ3v) is 4.82. The molecule has 27 heavy (non-hydrogen) atoms. The number of benzene rings is 1. The number of hydrogen-bond donors (Lipinski definition) is 2. The van der Waals surface area contributed by atoms with Gasteiger partial charge < -0.3 is 10.6 Å². The van der Waals surface area contributed by atoms with E-state index in [9.17, 15) is 22.8 Å².